The van der Waals surface area contributed by atoms with Crippen molar-refractivity contribution in [3.8, 4) is 28.0 Å². The number of pyridine rings is 1. The molecule has 12 heteroatoms. The molecule has 6 rings (SSSR count). The van der Waals surface area contributed by atoms with E-state index in [1.54, 1.807) is 30.6 Å². The number of nitrogens with zero attached hydrogens (tertiary/aromatic N) is 5. The Bertz CT molecular complexity index is 1590. The Morgan fingerprint density at radius 3 is 2.29 bits per heavy atom. The lowest BCUT2D eigenvalue weighted by Gasteiger charge is -2.22. The van der Waals surface area contributed by atoms with E-state index in [1.807, 2.05) is 25.7 Å². The maximum absolute atomic E-state index is 13.3. The van der Waals surface area contributed by atoms with Crippen LogP contribution >= 0.6 is 11.3 Å². The summed E-state index contributed by atoms with van der Waals surface area (Å²) in [5.74, 6) is 1.11. The number of piperidine rings is 1. The number of rotatable bonds is 6. The molecule has 1 amide bonds. The van der Waals surface area contributed by atoms with Crippen LogP contribution in [-0.4, -0.2) is 49.9 Å². The Morgan fingerprint density at radius 1 is 1.02 bits per heavy atom. The summed E-state index contributed by atoms with van der Waals surface area (Å²) in [6.45, 7) is 6.60. The molecule has 3 aromatic heterocycles. The van der Waals surface area contributed by atoms with E-state index in [1.165, 1.54) is 23.5 Å². The first-order valence-corrected chi connectivity index (χ1v) is 13.9. The third kappa shape index (κ3) is 5.41. The number of aryl methyl sites for hydroxylation is 1. The molecule has 1 aliphatic heterocycles. The van der Waals surface area contributed by atoms with Crippen molar-refractivity contribution in [3.05, 3.63) is 76.6 Å². The largest absolute Gasteiger partial charge is 0.474 e. The maximum Gasteiger partial charge on any atom is 0.416 e. The standard InChI is InChI=1S/C29H27F3N6O2S/c1-15-24(41-26(36-15)25-34-9-4-10-35-25)27(39)38-13-19-20(14-38)23(19)40-22-12-18(28(2,3)33)11-21(37-22)16-5-7-17(8-6-16)29(30,31)32/h4-12,19-20,23H,13-14,33H2,1-3H3/t19-,20+,23-. The molecule has 0 unspecified atom stereocenters. The topological polar surface area (TPSA) is 107 Å². The van der Waals surface area contributed by atoms with E-state index < -0.39 is 17.3 Å². The van der Waals surface area contributed by atoms with Gasteiger partial charge in [0.05, 0.1) is 17.0 Å². The van der Waals surface area contributed by atoms with E-state index in [-0.39, 0.29) is 23.8 Å². The zero-order valence-electron chi connectivity index (χ0n) is 22.5. The average Bonchev–Trinajstić information content (AvgIpc) is 3.25. The Balaban J connectivity index is 1.16. The highest BCUT2D eigenvalue weighted by Crippen LogP contribution is 2.48. The number of fused-ring (bicyclic) bond motifs is 1. The van der Waals surface area contributed by atoms with Crippen molar-refractivity contribution in [2.24, 2.45) is 17.6 Å². The molecule has 0 bridgehead atoms. The van der Waals surface area contributed by atoms with Gasteiger partial charge in [-0.2, -0.15) is 13.2 Å². The number of carbonyl (C=O) groups excluding carboxylic acids is 1. The van der Waals surface area contributed by atoms with Gasteiger partial charge < -0.3 is 15.4 Å². The van der Waals surface area contributed by atoms with Crippen LogP contribution in [0.4, 0.5) is 13.2 Å². The lowest BCUT2D eigenvalue weighted by atomic mass is 9.94. The van der Waals surface area contributed by atoms with Crippen LogP contribution < -0.4 is 10.5 Å². The monoisotopic (exact) mass is 580 g/mol. The van der Waals surface area contributed by atoms with E-state index >= 15 is 0 Å². The number of ether oxygens (including phenoxy) is 1. The third-order valence-corrected chi connectivity index (χ3v) is 8.60. The fraction of sp³-hybridized carbons (Fsp3) is 0.345. The van der Waals surface area contributed by atoms with E-state index in [0.717, 1.165) is 17.7 Å². The van der Waals surface area contributed by atoms with Crippen LogP contribution in [0.1, 0.15) is 40.3 Å². The van der Waals surface area contributed by atoms with Crippen molar-refractivity contribution in [1.82, 2.24) is 24.8 Å². The van der Waals surface area contributed by atoms with E-state index in [9.17, 15) is 18.0 Å². The van der Waals surface area contributed by atoms with Gasteiger partial charge in [-0.15, -0.1) is 11.3 Å². The van der Waals surface area contributed by atoms with Gasteiger partial charge in [-0.05, 0) is 50.6 Å². The van der Waals surface area contributed by atoms with Crippen molar-refractivity contribution in [3.63, 3.8) is 0 Å². The number of amides is 1. The Labute approximate surface area is 238 Å². The third-order valence-electron chi connectivity index (χ3n) is 7.46. The molecule has 3 atom stereocenters. The van der Waals surface area contributed by atoms with Gasteiger partial charge in [-0.3, -0.25) is 4.79 Å². The highest BCUT2D eigenvalue weighted by Gasteiger charge is 2.59. The van der Waals surface area contributed by atoms with Crippen LogP contribution in [-0.2, 0) is 11.7 Å². The number of thiazole rings is 1. The van der Waals surface area contributed by atoms with E-state index in [4.69, 9.17) is 10.5 Å². The molecule has 4 aromatic rings. The van der Waals surface area contributed by atoms with Gasteiger partial charge >= 0.3 is 6.18 Å². The summed E-state index contributed by atoms with van der Waals surface area (Å²) in [6, 6.07) is 10.1. The van der Waals surface area contributed by atoms with Gasteiger partial charge in [0.25, 0.3) is 5.91 Å². The zero-order valence-corrected chi connectivity index (χ0v) is 23.3. The van der Waals surface area contributed by atoms with E-state index in [0.29, 0.717) is 51.6 Å². The number of benzene rings is 1. The summed E-state index contributed by atoms with van der Waals surface area (Å²) in [4.78, 5) is 33.3. The second-order valence-electron chi connectivity index (χ2n) is 11.0. The molecule has 1 saturated heterocycles. The molecule has 1 saturated carbocycles. The predicted molar refractivity (Wildman–Crippen MR) is 147 cm³/mol. The van der Waals surface area contributed by atoms with Crippen LogP contribution in [0.5, 0.6) is 5.88 Å². The van der Waals surface area contributed by atoms with Gasteiger partial charge in [0, 0.05) is 54.5 Å². The van der Waals surface area contributed by atoms with Crippen LogP contribution in [0.2, 0.25) is 0 Å². The number of hydrogen-bond acceptors (Lipinski definition) is 8. The van der Waals surface area contributed by atoms with Crippen LogP contribution in [0.15, 0.2) is 54.9 Å². The SMILES string of the molecule is Cc1nc(-c2ncccn2)sc1C(=O)N1C[C@@H]2[C@H](C1)[C@@H]2Oc1cc(C(C)(C)N)cc(-c2ccc(C(F)(F)F)cc2)n1. The number of nitrogens with two attached hydrogens (primary N) is 1. The number of aromatic nitrogens is 4. The van der Waals surface area contributed by atoms with Gasteiger partial charge in [-0.25, -0.2) is 19.9 Å². The number of alkyl halides is 3. The quantitative estimate of drug-likeness (QED) is 0.328. The summed E-state index contributed by atoms with van der Waals surface area (Å²) in [5, 5.41) is 0.606. The van der Waals surface area contributed by atoms with Crippen LogP contribution in [0, 0.1) is 18.8 Å². The summed E-state index contributed by atoms with van der Waals surface area (Å²) in [6.07, 6.45) is -1.25. The minimum Gasteiger partial charge on any atom is -0.474 e. The van der Waals surface area contributed by atoms with Crippen molar-refractivity contribution < 1.29 is 22.7 Å². The average molecular weight is 581 g/mol. The summed E-state index contributed by atoms with van der Waals surface area (Å²) < 4.78 is 45.4. The number of hydrogen-bond donors (Lipinski definition) is 1. The first kappa shape index (κ1) is 27.3. The van der Waals surface area contributed by atoms with Gasteiger partial charge in [-0.1, -0.05) is 12.1 Å². The lowest BCUT2D eigenvalue weighted by molar-refractivity contribution is -0.137. The van der Waals surface area contributed by atoms with Crippen molar-refractivity contribution in [1.29, 1.82) is 0 Å². The molecule has 2 N–H and O–H groups in total. The highest BCUT2D eigenvalue weighted by atomic mass is 32.1. The molecule has 8 nitrogen and oxygen atoms in total. The molecule has 0 radical (unpaired) electrons. The Kier molecular flexibility index (Phi) is 6.57. The van der Waals surface area contributed by atoms with Crippen LogP contribution in [0.25, 0.3) is 22.1 Å². The second-order valence-corrected chi connectivity index (χ2v) is 12.0. The first-order chi connectivity index (χ1) is 19.4. The first-order valence-electron chi connectivity index (χ1n) is 13.1. The molecule has 1 aromatic carbocycles. The molecule has 2 aliphatic rings. The highest BCUT2D eigenvalue weighted by molar-refractivity contribution is 7.17. The fourth-order valence-corrected chi connectivity index (χ4v) is 6.09. The molecule has 2 fully saturated rings. The van der Waals surface area contributed by atoms with Crippen LogP contribution in [0.3, 0.4) is 0 Å². The number of carbonyl (C=O) groups is 1. The molecule has 0 spiro atoms. The number of halogens is 3. The fourth-order valence-electron chi connectivity index (χ4n) is 5.11. The molecular weight excluding hydrogens is 553 g/mol. The minimum absolute atomic E-state index is 0.0669. The van der Waals surface area contributed by atoms with Crippen molar-refractivity contribution in [2.75, 3.05) is 13.1 Å². The summed E-state index contributed by atoms with van der Waals surface area (Å²) in [5.41, 5.74) is 7.32. The number of likely N-dealkylation sites (tertiary alicyclic amines) is 1. The van der Waals surface area contributed by atoms with Gasteiger partial charge in [0.15, 0.2) is 10.8 Å². The van der Waals surface area contributed by atoms with Gasteiger partial charge in [0.2, 0.25) is 5.88 Å². The minimum atomic E-state index is -4.42. The zero-order chi connectivity index (χ0) is 29.1. The predicted octanol–water partition coefficient (Wildman–Crippen LogP) is 5.33. The summed E-state index contributed by atoms with van der Waals surface area (Å²) in [7, 11) is 0. The molecular formula is C29H27F3N6O2S. The summed E-state index contributed by atoms with van der Waals surface area (Å²) >= 11 is 1.29. The molecule has 1 aliphatic carbocycles. The normalized spacial score (nSPS) is 20.2. The lowest BCUT2D eigenvalue weighted by Crippen LogP contribution is -2.33. The molecule has 4 heterocycles. The molecule has 41 heavy (non-hydrogen) atoms. The Hall–Kier alpha value is -3.90. The maximum atomic E-state index is 13.3. The Morgan fingerprint density at radius 2 is 1.68 bits per heavy atom. The second kappa shape index (κ2) is 9.88. The molecule has 212 valence electrons. The smallest absolute Gasteiger partial charge is 0.416 e. The van der Waals surface area contributed by atoms with Gasteiger partial charge in [0.1, 0.15) is 11.0 Å². The van der Waals surface area contributed by atoms with E-state index in [2.05, 4.69) is 19.9 Å². The van der Waals surface area contributed by atoms with Crippen molar-refractivity contribution in [2.45, 2.75) is 38.6 Å². The van der Waals surface area contributed by atoms with Crippen molar-refractivity contribution >= 4 is 17.2 Å².